The van der Waals surface area contributed by atoms with Crippen molar-refractivity contribution in [3.8, 4) is 0 Å². The molecule has 0 saturated heterocycles. The molecule has 0 spiro atoms. The van der Waals surface area contributed by atoms with Gasteiger partial charge in [-0.3, -0.25) is 14.8 Å². The Hall–Kier alpha value is -3.73. The first kappa shape index (κ1) is 15.8. The number of carbonyl (C=O) groups excluding carboxylic acids is 1. The van der Waals surface area contributed by atoms with Gasteiger partial charge in [0.25, 0.3) is 5.91 Å². The number of anilines is 3. The van der Waals surface area contributed by atoms with Crippen LogP contribution in [0.2, 0.25) is 0 Å². The second-order valence-corrected chi connectivity index (χ2v) is 5.78. The normalized spacial score (nSPS) is 10.5. The van der Waals surface area contributed by atoms with Crippen molar-refractivity contribution in [1.82, 2.24) is 9.97 Å². The third kappa shape index (κ3) is 3.52. The summed E-state index contributed by atoms with van der Waals surface area (Å²) in [5.41, 5.74) is 4.71. The minimum Gasteiger partial charge on any atom is -0.356 e. The molecule has 0 fully saturated rings. The molecule has 0 radical (unpaired) electrons. The zero-order valence-electron chi connectivity index (χ0n) is 13.9. The Morgan fingerprint density at radius 2 is 1.35 bits per heavy atom. The van der Waals surface area contributed by atoms with Crippen LogP contribution in [-0.4, -0.2) is 15.9 Å². The number of para-hydroxylation sites is 1. The summed E-state index contributed by atoms with van der Waals surface area (Å²) in [6, 6.07) is 22.8. The summed E-state index contributed by atoms with van der Waals surface area (Å²) >= 11 is 0. The molecule has 2 N–H and O–H groups in total. The van der Waals surface area contributed by atoms with Gasteiger partial charge in [0.2, 0.25) is 0 Å². The zero-order valence-corrected chi connectivity index (χ0v) is 13.9. The molecule has 0 saturated carbocycles. The predicted octanol–water partition coefficient (Wildman–Crippen LogP) is 4.63. The molecule has 0 atom stereocenters. The molecule has 126 valence electrons. The third-order valence-corrected chi connectivity index (χ3v) is 3.94. The molecule has 0 aliphatic carbocycles. The minimum absolute atomic E-state index is 0.179. The topological polar surface area (TPSA) is 66.9 Å². The molecular formula is C21H16N4O. The lowest BCUT2D eigenvalue weighted by Crippen LogP contribution is -2.11. The Labute approximate surface area is 150 Å². The number of carbonyl (C=O) groups is 1. The lowest BCUT2D eigenvalue weighted by molar-refractivity contribution is 0.102. The fourth-order valence-corrected chi connectivity index (χ4v) is 2.63. The van der Waals surface area contributed by atoms with Gasteiger partial charge in [-0.2, -0.15) is 0 Å². The molecule has 1 aromatic heterocycles. The molecule has 0 unspecified atom stereocenters. The van der Waals surface area contributed by atoms with E-state index in [0.29, 0.717) is 11.1 Å². The van der Waals surface area contributed by atoms with Gasteiger partial charge in [0, 0.05) is 35.0 Å². The minimum atomic E-state index is -0.179. The van der Waals surface area contributed by atoms with Crippen molar-refractivity contribution in [3.05, 3.63) is 90.8 Å². The Morgan fingerprint density at radius 1 is 0.692 bits per heavy atom. The van der Waals surface area contributed by atoms with Crippen LogP contribution in [0.25, 0.3) is 11.0 Å². The van der Waals surface area contributed by atoms with Gasteiger partial charge >= 0.3 is 0 Å². The number of fused-ring (bicyclic) bond motifs is 1. The van der Waals surface area contributed by atoms with E-state index in [2.05, 4.69) is 20.6 Å². The molecule has 1 heterocycles. The van der Waals surface area contributed by atoms with Gasteiger partial charge in [0.1, 0.15) is 0 Å². The van der Waals surface area contributed by atoms with E-state index in [9.17, 15) is 4.79 Å². The number of hydrogen-bond acceptors (Lipinski definition) is 4. The van der Waals surface area contributed by atoms with Crippen LogP contribution in [0.5, 0.6) is 0 Å². The fourth-order valence-electron chi connectivity index (χ4n) is 2.63. The summed E-state index contributed by atoms with van der Waals surface area (Å²) in [5, 5.41) is 6.21. The van der Waals surface area contributed by atoms with E-state index < -0.39 is 0 Å². The van der Waals surface area contributed by atoms with Crippen LogP contribution < -0.4 is 10.6 Å². The molecular weight excluding hydrogens is 324 g/mol. The monoisotopic (exact) mass is 340 g/mol. The first-order chi connectivity index (χ1) is 12.8. The second-order valence-electron chi connectivity index (χ2n) is 5.78. The molecule has 4 rings (SSSR count). The summed E-state index contributed by atoms with van der Waals surface area (Å²) in [7, 11) is 0. The highest BCUT2D eigenvalue weighted by Crippen LogP contribution is 2.19. The maximum atomic E-state index is 12.5. The number of nitrogens with one attached hydrogen (secondary N) is 2. The van der Waals surface area contributed by atoms with Crippen LogP contribution >= 0.6 is 0 Å². The second kappa shape index (κ2) is 7.03. The first-order valence-corrected chi connectivity index (χ1v) is 8.22. The summed E-state index contributed by atoms with van der Waals surface area (Å²) < 4.78 is 0. The van der Waals surface area contributed by atoms with Gasteiger partial charge in [0.05, 0.1) is 11.0 Å². The zero-order chi connectivity index (χ0) is 17.8. The van der Waals surface area contributed by atoms with Crippen molar-refractivity contribution < 1.29 is 4.79 Å². The van der Waals surface area contributed by atoms with Crippen molar-refractivity contribution >= 4 is 34.0 Å². The molecule has 26 heavy (non-hydrogen) atoms. The number of benzene rings is 3. The van der Waals surface area contributed by atoms with Crippen LogP contribution in [0, 0.1) is 0 Å². The molecule has 5 heteroatoms. The van der Waals surface area contributed by atoms with Gasteiger partial charge < -0.3 is 10.6 Å². The third-order valence-electron chi connectivity index (χ3n) is 3.94. The number of hydrogen-bond donors (Lipinski definition) is 2. The fraction of sp³-hybridized carbons (Fsp3) is 0. The predicted molar refractivity (Wildman–Crippen MR) is 104 cm³/mol. The average Bonchev–Trinajstić information content (AvgIpc) is 2.70. The largest absolute Gasteiger partial charge is 0.356 e. The molecule has 5 nitrogen and oxygen atoms in total. The Kier molecular flexibility index (Phi) is 4.26. The highest BCUT2D eigenvalue weighted by molar-refractivity contribution is 6.05. The number of rotatable bonds is 4. The van der Waals surface area contributed by atoms with E-state index in [0.717, 1.165) is 22.6 Å². The lowest BCUT2D eigenvalue weighted by Gasteiger charge is -2.09. The van der Waals surface area contributed by atoms with Crippen LogP contribution in [0.15, 0.2) is 85.2 Å². The number of nitrogens with zero attached hydrogens (tertiary/aromatic N) is 2. The SMILES string of the molecule is O=C(Nc1ccc(Nc2ccccc2)cc1)c1ccc2nccnc2c1. The van der Waals surface area contributed by atoms with Crippen molar-refractivity contribution in [2.75, 3.05) is 10.6 Å². The number of amides is 1. The molecule has 0 aliphatic heterocycles. The van der Waals surface area contributed by atoms with E-state index >= 15 is 0 Å². The quantitative estimate of drug-likeness (QED) is 0.568. The Bertz CT molecular complexity index is 1050. The van der Waals surface area contributed by atoms with Gasteiger partial charge in [-0.25, -0.2) is 0 Å². The van der Waals surface area contributed by atoms with Gasteiger partial charge in [-0.05, 0) is 54.6 Å². The maximum absolute atomic E-state index is 12.5. The van der Waals surface area contributed by atoms with Gasteiger partial charge in [0.15, 0.2) is 0 Å². The number of aromatic nitrogens is 2. The van der Waals surface area contributed by atoms with Crippen molar-refractivity contribution in [3.63, 3.8) is 0 Å². The van der Waals surface area contributed by atoms with Crippen LogP contribution in [-0.2, 0) is 0 Å². The van der Waals surface area contributed by atoms with E-state index in [1.165, 1.54) is 0 Å². The van der Waals surface area contributed by atoms with E-state index in [1.54, 1.807) is 30.6 Å². The molecule has 0 aliphatic rings. The Balaban J connectivity index is 1.46. The lowest BCUT2D eigenvalue weighted by atomic mass is 10.1. The molecule has 3 aromatic carbocycles. The summed E-state index contributed by atoms with van der Waals surface area (Å²) in [6.07, 6.45) is 3.25. The molecule has 4 aromatic rings. The van der Waals surface area contributed by atoms with Crippen molar-refractivity contribution in [2.45, 2.75) is 0 Å². The van der Waals surface area contributed by atoms with Crippen LogP contribution in [0.1, 0.15) is 10.4 Å². The summed E-state index contributed by atoms with van der Waals surface area (Å²) in [5.74, 6) is -0.179. The van der Waals surface area contributed by atoms with Crippen LogP contribution in [0.3, 0.4) is 0 Å². The van der Waals surface area contributed by atoms with Crippen molar-refractivity contribution in [2.24, 2.45) is 0 Å². The summed E-state index contributed by atoms with van der Waals surface area (Å²) in [4.78, 5) is 20.9. The average molecular weight is 340 g/mol. The highest BCUT2D eigenvalue weighted by Gasteiger charge is 2.08. The molecule has 1 amide bonds. The standard InChI is InChI=1S/C21H16N4O/c26-21(15-6-11-19-20(14-15)23-13-12-22-19)25-18-9-7-17(8-10-18)24-16-4-2-1-3-5-16/h1-14,24H,(H,25,26). The van der Waals surface area contributed by atoms with Gasteiger partial charge in [-0.15, -0.1) is 0 Å². The van der Waals surface area contributed by atoms with E-state index in [-0.39, 0.29) is 5.91 Å². The molecule has 0 bridgehead atoms. The summed E-state index contributed by atoms with van der Waals surface area (Å²) in [6.45, 7) is 0. The maximum Gasteiger partial charge on any atom is 0.255 e. The van der Waals surface area contributed by atoms with E-state index in [4.69, 9.17) is 0 Å². The van der Waals surface area contributed by atoms with Crippen LogP contribution in [0.4, 0.5) is 17.1 Å². The highest BCUT2D eigenvalue weighted by atomic mass is 16.1. The first-order valence-electron chi connectivity index (χ1n) is 8.22. The Morgan fingerprint density at radius 3 is 2.12 bits per heavy atom. The van der Waals surface area contributed by atoms with Crippen molar-refractivity contribution in [1.29, 1.82) is 0 Å². The van der Waals surface area contributed by atoms with Gasteiger partial charge in [-0.1, -0.05) is 18.2 Å². The smallest absolute Gasteiger partial charge is 0.255 e. The van der Waals surface area contributed by atoms with E-state index in [1.807, 2.05) is 54.6 Å².